The summed E-state index contributed by atoms with van der Waals surface area (Å²) in [4.78, 5) is 62.0. The zero-order chi connectivity index (χ0) is 40.3. The van der Waals surface area contributed by atoms with Gasteiger partial charge in [0.2, 0.25) is 11.8 Å². The molecule has 3 unspecified atom stereocenters. The van der Waals surface area contributed by atoms with E-state index < -0.39 is 17.7 Å². The van der Waals surface area contributed by atoms with E-state index in [1.54, 1.807) is 23.5 Å². The van der Waals surface area contributed by atoms with Gasteiger partial charge >= 0.3 is 6.09 Å². The number of aromatic amines is 2. The first kappa shape index (κ1) is 37.7. The Morgan fingerprint density at radius 2 is 1.60 bits per heavy atom. The van der Waals surface area contributed by atoms with Crippen molar-refractivity contribution in [3.05, 3.63) is 102 Å². The van der Waals surface area contributed by atoms with Gasteiger partial charge in [0, 0.05) is 31.4 Å². The maximum atomic E-state index is 13.7. The van der Waals surface area contributed by atoms with Crippen molar-refractivity contribution < 1.29 is 24.2 Å². The fourth-order valence-electron chi connectivity index (χ4n) is 10.2. The maximum Gasteiger partial charge on any atom is 0.407 e. The Morgan fingerprint density at radius 3 is 2.26 bits per heavy atom. The van der Waals surface area contributed by atoms with Crippen LogP contribution in [0, 0.1) is 23.7 Å². The van der Waals surface area contributed by atoms with Gasteiger partial charge in [-0.25, -0.2) is 14.8 Å². The second-order valence-corrected chi connectivity index (χ2v) is 17.0. The second kappa shape index (κ2) is 14.8. The molecular weight excluding hydrogens is 733 g/mol. The normalized spacial score (nSPS) is 24.8. The van der Waals surface area contributed by atoms with Crippen molar-refractivity contribution in [3.63, 3.8) is 0 Å². The standard InChI is InChI=1S/C45H50N8O5/c1-24(2)39(52-44(56)58-4)43(55)53-16-6-8-36(53)40-47-22-34(50-40)26-11-13-30-31-14-12-27(19-33(31)45(3,57)32(30)18-26)35-23-48-41(51-35)37-28-9-10-29(17-28)38(37)42(54)49-21-25-7-5-15-46-20-25/h5,7,11-15,18-20,22-24,28-29,36-39,57H,6,8-10,16-17,21H2,1-4H3,(H,47,50)(H,48,51)(H,49,54)(H,52,56)/t28?,29?,36-,37?,38+,39-,45+/m0/s1. The molecule has 1 aliphatic heterocycles. The van der Waals surface area contributed by atoms with E-state index in [9.17, 15) is 19.5 Å². The number of amides is 3. The molecule has 2 aromatic carbocycles. The van der Waals surface area contributed by atoms with E-state index in [1.807, 2.05) is 63.4 Å². The summed E-state index contributed by atoms with van der Waals surface area (Å²) in [6.45, 7) is 6.65. The molecule has 2 bridgehead atoms. The van der Waals surface area contributed by atoms with Crippen molar-refractivity contribution in [3.8, 4) is 33.6 Å². The summed E-state index contributed by atoms with van der Waals surface area (Å²) < 4.78 is 4.78. The van der Waals surface area contributed by atoms with Gasteiger partial charge in [-0.15, -0.1) is 0 Å². The molecule has 3 aliphatic carbocycles. The van der Waals surface area contributed by atoms with Crippen molar-refractivity contribution in [1.29, 1.82) is 0 Å². The Morgan fingerprint density at radius 1 is 0.931 bits per heavy atom. The molecule has 13 heteroatoms. The molecule has 3 amide bonds. The van der Waals surface area contributed by atoms with Crippen LogP contribution in [-0.4, -0.2) is 72.5 Å². The molecule has 2 saturated carbocycles. The number of benzene rings is 2. The summed E-state index contributed by atoms with van der Waals surface area (Å²) in [7, 11) is 1.29. The number of carbonyl (C=O) groups excluding carboxylic acids is 3. The third-order valence-electron chi connectivity index (χ3n) is 13.2. The van der Waals surface area contributed by atoms with Crippen molar-refractivity contribution in [2.45, 2.75) is 83.0 Å². The highest BCUT2D eigenvalue weighted by Crippen LogP contribution is 2.56. The number of ether oxygens (including phenoxy) is 1. The lowest BCUT2D eigenvalue weighted by Crippen LogP contribution is -2.51. The number of nitrogens with zero attached hydrogens (tertiary/aromatic N) is 4. The van der Waals surface area contributed by atoms with Gasteiger partial charge in [-0.2, -0.15) is 0 Å². The van der Waals surface area contributed by atoms with Crippen molar-refractivity contribution in [2.75, 3.05) is 13.7 Å². The van der Waals surface area contributed by atoms with Gasteiger partial charge in [-0.1, -0.05) is 44.2 Å². The Kier molecular flexibility index (Phi) is 9.66. The van der Waals surface area contributed by atoms with Crippen LogP contribution in [-0.2, 0) is 26.5 Å². The van der Waals surface area contributed by atoms with Gasteiger partial charge in [0.05, 0.1) is 42.9 Å². The number of imidazole rings is 2. The van der Waals surface area contributed by atoms with Gasteiger partial charge in [0.25, 0.3) is 0 Å². The summed E-state index contributed by atoms with van der Waals surface area (Å²) >= 11 is 0. The summed E-state index contributed by atoms with van der Waals surface area (Å²) in [6.07, 6.45) is 11.3. The fraction of sp³-hybridized carbons (Fsp3) is 0.422. The number of rotatable bonds is 10. The highest BCUT2D eigenvalue weighted by molar-refractivity contribution is 5.87. The summed E-state index contributed by atoms with van der Waals surface area (Å²) in [5, 5.41) is 18.1. The lowest BCUT2D eigenvalue weighted by atomic mass is 9.78. The number of likely N-dealkylation sites (tertiary alicyclic amines) is 1. The largest absolute Gasteiger partial charge is 0.453 e. The minimum atomic E-state index is -1.27. The molecule has 4 heterocycles. The quantitative estimate of drug-likeness (QED) is 0.105. The van der Waals surface area contributed by atoms with E-state index in [0.717, 1.165) is 88.3 Å². The SMILES string of the molecule is COC(=O)N[C@H](C(=O)N1CCC[C@H]1c1ncc(-c2ccc3c(c2)[C@@](C)(O)c2cc(-c4cnc(C5C6CCC(C6)[C@H]5C(=O)NCc5cccnc5)[nH]4)ccc2-3)[nH]1)C(C)C. The monoisotopic (exact) mass is 782 g/mol. The minimum Gasteiger partial charge on any atom is -0.453 e. The first-order chi connectivity index (χ1) is 28.0. The van der Waals surface area contributed by atoms with E-state index in [1.165, 1.54) is 7.11 Å². The number of carbonyl (C=O) groups is 3. The van der Waals surface area contributed by atoms with Crippen LogP contribution in [0.25, 0.3) is 33.6 Å². The number of hydrogen-bond donors (Lipinski definition) is 5. The maximum absolute atomic E-state index is 13.7. The van der Waals surface area contributed by atoms with E-state index in [-0.39, 0.29) is 35.6 Å². The molecule has 1 saturated heterocycles. The number of hydrogen-bond acceptors (Lipinski definition) is 8. The van der Waals surface area contributed by atoms with Crippen LogP contribution in [0.3, 0.4) is 0 Å². The van der Waals surface area contributed by atoms with Crippen LogP contribution in [0.1, 0.15) is 93.2 Å². The van der Waals surface area contributed by atoms with Gasteiger partial charge < -0.3 is 35.3 Å². The number of alkyl carbamates (subject to hydrolysis) is 1. The van der Waals surface area contributed by atoms with Crippen molar-refractivity contribution >= 4 is 17.9 Å². The number of fused-ring (bicyclic) bond motifs is 5. The third-order valence-corrected chi connectivity index (χ3v) is 13.2. The molecule has 58 heavy (non-hydrogen) atoms. The number of pyridine rings is 1. The molecule has 300 valence electrons. The lowest BCUT2D eigenvalue weighted by molar-refractivity contribution is -0.135. The molecule has 5 N–H and O–H groups in total. The third kappa shape index (κ3) is 6.54. The Bertz CT molecular complexity index is 2370. The van der Waals surface area contributed by atoms with Crippen LogP contribution in [0.15, 0.2) is 73.3 Å². The number of aliphatic hydroxyl groups is 1. The average molecular weight is 783 g/mol. The zero-order valence-electron chi connectivity index (χ0n) is 33.3. The Hall–Kier alpha value is -5.82. The topological polar surface area (TPSA) is 178 Å². The van der Waals surface area contributed by atoms with E-state index in [2.05, 4.69) is 37.7 Å². The summed E-state index contributed by atoms with van der Waals surface area (Å²) in [6, 6.07) is 15.2. The highest BCUT2D eigenvalue weighted by atomic mass is 16.5. The number of aromatic nitrogens is 5. The molecule has 7 atom stereocenters. The summed E-state index contributed by atoms with van der Waals surface area (Å²) in [5.41, 5.74) is 6.69. The van der Waals surface area contributed by atoms with Gasteiger partial charge in [-0.3, -0.25) is 14.6 Å². The summed E-state index contributed by atoms with van der Waals surface area (Å²) in [5.74, 6) is 2.00. The Labute approximate surface area is 337 Å². The molecule has 3 aromatic heterocycles. The first-order valence-corrected chi connectivity index (χ1v) is 20.5. The van der Waals surface area contributed by atoms with Crippen LogP contribution >= 0.6 is 0 Å². The van der Waals surface area contributed by atoms with Gasteiger partial charge in [-0.05, 0) is 114 Å². The predicted molar refractivity (Wildman–Crippen MR) is 217 cm³/mol. The minimum absolute atomic E-state index is 0.0300. The number of nitrogens with one attached hydrogen (secondary N) is 4. The van der Waals surface area contributed by atoms with E-state index in [0.29, 0.717) is 30.7 Å². The second-order valence-electron chi connectivity index (χ2n) is 17.0. The van der Waals surface area contributed by atoms with Crippen LogP contribution in [0.2, 0.25) is 0 Å². The number of H-pyrrole nitrogens is 2. The number of methoxy groups -OCH3 is 1. The Balaban J connectivity index is 0.928. The molecule has 9 rings (SSSR count). The van der Waals surface area contributed by atoms with Crippen LogP contribution < -0.4 is 10.6 Å². The molecule has 13 nitrogen and oxygen atoms in total. The van der Waals surface area contributed by atoms with Crippen molar-refractivity contribution in [2.24, 2.45) is 23.7 Å². The molecule has 0 radical (unpaired) electrons. The van der Waals surface area contributed by atoms with Gasteiger partial charge in [0.15, 0.2) is 0 Å². The van der Waals surface area contributed by atoms with Crippen LogP contribution in [0.5, 0.6) is 0 Å². The first-order valence-electron chi connectivity index (χ1n) is 20.5. The van der Waals surface area contributed by atoms with E-state index in [4.69, 9.17) is 14.7 Å². The average Bonchev–Trinajstić information content (AvgIpc) is 4.10. The highest BCUT2D eigenvalue weighted by Gasteiger charge is 2.52. The molecule has 5 aromatic rings. The van der Waals surface area contributed by atoms with Crippen molar-refractivity contribution in [1.82, 2.24) is 40.5 Å². The molecule has 3 fully saturated rings. The molecule has 4 aliphatic rings. The molecule has 0 spiro atoms. The van der Waals surface area contributed by atoms with Crippen LogP contribution in [0.4, 0.5) is 4.79 Å². The van der Waals surface area contributed by atoms with Gasteiger partial charge in [0.1, 0.15) is 23.3 Å². The zero-order valence-corrected chi connectivity index (χ0v) is 33.3. The lowest BCUT2D eigenvalue weighted by Gasteiger charge is -2.30. The van der Waals surface area contributed by atoms with E-state index >= 15 is 0 Å². The molecular formula is C45H50N8O5. The predicted octanol–water partition coefficient (Wildman–Crippen LogP) is 6.59. The fourth-order valence-corrected chi connectivity index (χ4v) is 10.2. The smallest absolute Gasteiger partial charge is 0.407 e.